The van der Waals surface area contributed by atoms with Crippen LogP contribution >= 0.6 is 0 Å². The highest BCUT2D eigenvalue weighted by Crippen LogP contribution is 2.36. The van der Waals surface area contributed by atoms with Crippen molar-refractivity contribution in [2.75, 3.05) is 10.6 Å². The van der Waals surface area contributed by atoms with Gasteiger partial charge in [0.25, 0.3) is 0 Å². The minimum atomic E-state index is 0.464. The van der Waals surface area contributed by atoms with Crippen LogP contribution in [0.25, 0.3) is 28.0 Å². The smallest absolute Gasteiger partial charge is 0.223 e. The number of rotatable bonds is 6. The van der Waals surface area contributed by atoms with Gasteiger partial charge in [-0.05, 0) is 56.0 Å². The second-order valence-corrected chi connectivity index (χ2v) is 9.18. The van der Waals surface area contributed by atoms with E-state index < -0.39 is 0 Å². The molecule has 7 heteroatoms. The quantitative estimate of drug-likeness (QED) is 0.409. The lowest BCUT2D eigenvalue weighted by atomic mass is 10.0. The first-order chi connectivity index (χ1) is 16.3. The average Bonchev–Trinajstić information content (AvgIpc) is 3.61. The Labute approximate surface area is 193 Å². The second-order valence-electron chi connectivity index (χ2n) is 9.18. The molecule has 2 fully saturated rings. The minimum absolute atomic E-state index is 0.464. The summed E-state index contributed by atoms with van der Waals surface area (Å²) in [4.78, 5) is 13.6. The summed E-state index contributed by atoms with van der Waals surface area (Å²) in [6, 6.07) is 13.3. The van der Waals surface area contributed by atoms with Gasteiger partial charge in [0.2, 0.25) is 5.95 Å². The minimum Gasteiger partial charge on any atom is -0.367 e. The van der Waals surface area contributed by atoms with Gasteiger partial charge in [-0.1, -0.05) is 31.7 Å². The Bertz CT molecular complexity index is 1240. The van der Waals surface area contributed by atoms with Crippen LogP contribution in [0.3, 0.4) is 0 Å². The van der Waals surface area contributed by atoms with E-state index in [1.165, 1.54) is 51.4 Å². The summed E-state index contributed by atoms with van der Waals surface area (Å²) in [5, 5.41) is 12.3. The highest BCUT2D eigenvalue weighted by atomic mass is 15.3. The lowest BCUT2D eigenvalue weighted by molar-refractivity contribution is 0.742. The number of nitrogens with one attached hydrogen (secondary N) is 2. The van der Waals surface area contributed by atoms with Crippen LogP contribution in [0.5, 0.6) is 0 Å². The van der Waals surface area contributed by atoms with Crippen LogP contribution in [0.1, 0.15) is 51.4 Å². The molecular formula is C26H29N7. The fourth-order valence-corrected chi connectivity index (χ4v) is 5.24. The van der Waals surface area contributed by atoms with Gasteiger partial charge < -0.3 is 10.6 Å². The Morgan fingerprint density at radius 2 is 1.52 bits per heavy atom. The normalized spacial score (nSPS) is 17.1. The predicted octanol–water partition coefficient (Wildman–Crippen LogP) is 5.56. The number of fused-ring (bicyclic) bond motifs is 1. The molecule has 4 aromatic rings. The van der Waals surface area contributed by atoms with Gasteiger partial charge in [0.05, 0.1) is 16.8 Å². The van der Waals surface area contributed by atoms with Crippen molar-refractivity contribution < 1.29 is 0 Å². The SMILES string of the molecule is c1cc(NC2CCCC2)n2nc(-c3ccncc3)c(-c3ccnc(NC4CCCC4)n3)c2c1. The number of aromatic nitrogens is 5. The van der Waals surface area contributed by atoms with Crippen molar-refractivity contribution in [1.29, 1.82) is 0 Å². The summed E-state index contributed by atoms with van der Waals surface area (Å²) in [5.74, 6) is 1.72. The van der Waals surface area contributed by atoms with Crippen molar-refractivity contribution >= 4 is 17.3 Å². The van der Waals surface area contributed by atoms with Gasteiger partial charge in [-0.25, -0.2) is 14.5 Å². The van der Waals surface area contributed by atoms with Gasteiger partial charge in [0.15, 0.2) is 0 Å². The molecule has 6 rings (SSSR count). The molecule has 4 heterocycles. The average molecular weight is 440 g/mol. The highest BCUT2D eigenvalue weighted by Gasteiger charge is 2.22. The summed E-state index contributed by atoms with van der Waals surface area (Å²) >= 11 is 0. The summed E-state index contributed by atoms with van der Waals surface area (Å²) in [5.41, 5.74) is 4.87. The van der Waals surface area contributed by atoms with Crippen LogP contribution in [0.15, 0.2) is 55.0 Å². The highest BCUT2D eigenvalue weighted by molar-refractivity contribution is 5.91. The monoisotopic (exact) mass is 439 g/mol. The van der Waals surface area contributed by atoms with Crippen molar-refractivity contribution in [3.8, 4) is 22.5 Å². The van der Waals surface area contributed by atoms with Crippen LogP contribution in [0.4, 0.5) is 11.8 Å². The molecule has 0 amide bonds. The summed E-state index contributed by atoms with van der Waals surface area (Å²) < 4.78 is 2.04. The van der Waals surface area contributed by atoms with Crippen LogP contribution in [0.2, 0.25) is 0 Å². The van der Waals surface area contributed by atoms with Crippen LogP contribution in [-0.2, 0) is 0 Å². The first-order valence-corrected chi connectivity index (χ1v) is 12.1. The van der Waals surface area contributed by atoms with Gasteiger partial charge >= 0.3 is 0 Å². The van der Waals surface area contributed by atoms with Crippen LogP contribution < -0.4 is 10.6 Å². The molecule has 33 heavy (non-hydrogen) atoms. The van der Waals surface area contributed by atoms with E-state index in [0.717, 1.165) is 33.8 Å². The molecule has 2 saturated carbocycles. The molecule has 0 aliphatic heterocycles. The summed E-state index contributed by atoms with van der Waals surface area (Å²) in [7, 11) is 0. The zero-order valence-electron chi connectivity index (χ0n) is 18.7. The van der Waals surface area contributed by atoms with Gasteiger partial charge in [-0.3, -0.25) is 4.98 Å². The number of anilines is 2. The Hall–Kier alpha value is -3.48. The first-order valence-electron chi connectivity index (χ1n) is 12.1. The zero-order valence-corrected chi connectivity index (χ0v) is 18.7. The van der Waals surface area contributed by atoms with Gasteiger partial charge in [-0.15, -0.1) is 0 Å². The van der Waals surface area contributed by atoms with E-state index in [9.17, 15) is 0 Å². The molecule has 2 aliphatic carbocycles. The Kier molecular flexibility index (Phi) is 5.38. The van der Waals surface area contributed by atoms with E-state index in [1.54, 1.807) is 0 Å². The van der Waals surface area contributed by atoms with Crippen molar-refractivity contribution in [3.05, 3.63) is 55.0 Å². The van der Waals surface area contributed by atoms with E-state index in [2.05, 4.69) is 38.8 Å². The predicted molar refractivity (Wildman–Crippen MR) is 131 cm³/mol. The Morgan fingerprint density at radius 1 is 0.788 bits per heavy atom. The number of pyridine rings is 2. The molecule has 0 radical (unpaired) electrons. The summed E-state index contributed by atoms with van der Waals surface area (Å²) in [6.45, 7) is 0. The molecule has 4 aromatic heterocycles. The fraction of sp³-hybridized carbons (Fsp3) is 0.385. The number of hydrogen-bond donors (Lipinski definition) is 2. The van der Waals surface area contributed by atoms with E-state index in [-0.39, 0.29) is 0 Å². The molecule has 2 N–H and O–H groups in total. The lowest BCUT2D eigenvalue weighted by Gasteiger charge is -2.14. The molecule has 168 valence electrons. The van der Waals surface area contributed by atoms with E-state index in [1.807, 2.05) is 41.3 Å². The van der Waals surface area contributed by atoms with Gasteiger partial charge in [0, 0.05) is 36.2 Å². The maximum absolute atomic E-state index is 5.08. The molecule has 0 aromatic carbocycles. The van der Waals surface area contributed by atoms with E-state index in [0.29, 0.717) is 18.0 Å². The number of hydrogen-bond acceptors (Lipinski definition) is 6. The molecule has 0 saturated heterocycles. The van der Waals surface area contributed by atoms with Gasteiger partial charge in [-0.2, -0.15) is 5.10 Å². The molecular weight excluding hydrogens is 410 g/mol. The maximum Gasteiger partial charge on any atom is 0.223 e. The molecule has 2 aliphatic rings. The largest absolute Gasteiger partial charge is 0.367 e. The van der Waals surface area contributed by atoms with Crippen molar-refractivity contribution in [1.82, 2.24) is 24.6 Å². The van der Waals surface area contributed by atoms with Crippen molar-refractivity contribution in [2.45, 2.75) is 63.5 Å². The fourth-order valence-electron chi connectivity index (χ4n) is 5.24. The van der Waals surface area contributed by atoms with E-state index in [4.69, 9.17) is 10.1 Å². The zero-order chi connectivity index (χ0) is 22.0. The standard InChI is InChI=1S/C26H29N7/c1-2-7-19(6-1)29-23-11-5-10-22-24(25(32-33(22)23)18-12-15-27-16-13-18)21-14-17-28-26(31-21)30-20-8-3-4-9-20/h5,10-17,19-20,29H,1-4,6-9H2,(H,28,30,31). The maximum atomic E-state index is 5.08. The van der Waals surface area contributed by atoms with Crippen LogP contribution in [-0.4, -0.2) is 36.6 Å². The lowest BCUT2D eigenvalue weighted by Crippen LogP contribution is -2.17. The second kappa shape index (κ2) is 8.81. The van der Waals surface area contributed by atoms with Gasteiger partial charge in [0.1, 0.15) is 11.5 Å². The third-order valence-corrected chi connectivity index (χ3v) is 6.92. The molecule has 7 nitrogen and oxygen atoms in total. The third kappa shape index (κ3) is 4.03. The Balaban J connectivity index is 1.47. The first kappa shape index (κ1) is 20.1. The number of nitrogens with zero attached hydrogens (tertiary/aromatic N) is 5. The molecule has 0 spiro atoms. The molecule has 0 bridgehead atoms. The third-order valence-electron chi connectivity index (χ3n) is 6.92. The molecule has 0 atom stereocenters. The van der Waals surface area contributed by atoms with Crippen molar-refractivity contribution in [3.63, 3.8) is 0 Å². The van der Waals surface area contributed by atoms with E-state index >= 15 is 0 Å². The van der Waals surface area contributed by atoms with Crippen LogP contribution in [0, 0.1) is 0 Å². The van der Waals surface area contributed by atoms with Crippen molar-refractivity contribution in [2.24, 2.45) is 0 Å². The molecule has 0 unspecified atom stereocenters. The Morgan fingerprint density at radius 3 is 2.27 bits per heavy atom. The summed E-state index contributed by atoms with van der Waals surface area (Å²) in [6.07, 6.45) is 15.4. The topological polar surface area (TPSA) is 80.0 Å².